The van der Waals surface area contributed by atoms with E-state index in [1.54, 1.807) is 11.9 Å². The van der Waals surface area contributed by atoms with Crippen LogP contribution in [0.3, 0.4) is 0 Å². The minimum atomic E-state index is -0.140. The molecule has 0 atom stereocenters. The topological polar surface area (TPSA) is 40.5 Å². The third-order valence-corrected chi connectivity index (χ3v) is 3.98. The van der Waals surface area contributed by atoms with Gasteiger partial charge >= 0.3 is 0 Å². The van der Waals surface area contributed by atoms with E-state index >= 15 is 0 Å². The van der Waals surface area contributed by atoms with E-state index in [1.165, 1.54) is 11.3 Å². The molecule has 0 fully saturated rings. The first-order valence-corrected chi connectivity index (χ1v) is 7.48. The minimum Gasteiger partial charge on any atom is -0.384 e. The second-order valence-electron chi connectivity index (χ2n) is 4.76. The fourth-order valence-corrected chi connectivity index (χ4v) is 2.79. The maximum absolute atomic E-state index is 12.4. The Morgan fingerprint density at radius 1 is 1.38 bits per heavy atom. The van der Waals surface area contributed by atoms with Crippen molar-refractivity contribution >= 4 is 17.2 Å². The third kappa shape index (κ3) is 3.94. The van der Waals surface area contributed by atoms with E-state index in [4.69, 9.17) is 5.11 Å². The fraction of sp³-hybridized carbons (Fsp3) is 0.235. The molecule has 0 bridgehead atoms. The first-order chi connectivity index (χ1) is 10.1. The van der Waals surface area contributed by atoms with Gasteiger partial charge in [0.1, 0.15) is 6.61 Å². The van der Waals surface area contributed by atoms with Crippen LogP contribution in [0, 0.1) is 18.8 Å². The van der Waals surface area contributed by atoms with Crippen LogP contribution in [0.15, 0.2) is 35.7 Å². The minimum absolute atomic E-state index is 0.0160. The maximum atomic E-state index is 12.4. The van der Waals surface area contributed by atoms with Crippen LogP contribution in [-0.4, -0.2) is 29.6 Å². The van der Waals surface area contributed by atoms with Gasteiger partial charge in [-0.1, -0.05) is 30.0 Å². The summed E-state index contributed by atoms with van der Waals surface area (Å²) in [6.07, 6.45) is 0. The molecular formula is C17H17NO2S. The first-order valence-electron chi connectivity index (χ1n) is 6.60. The monoisotopic (exact) mass is 299 g/mol. The van der Waals surface area contributed by atoms with Crippen LogP contribution in [0.4, 0.5) is 0 Å². The number of nitrogens with zero attached hydrogens (tertiary/aromatic N) is 1. The van der Waals surface area contributed by atoms with Crippen LogP contribution in [0.1, 0.15) is 26.4 Å². The molecule has 0 aliphatic rings. The number of hydrogen-bond donors (Lipinski definition) is 1. The van der Waals surface area contributed by atoms with Crippen LogP contribution < -0.4 is 0 Å². The molecule has 1 heterocycles. The van der Waals surface area contributed by atoms with Gasteiger partial charge in [0.2, 0.25) is 0 Å². The number of aryl methyl sites for hydroxylation is 1. The van der Waals surface area contributed by atoms with Crippen molar-refractivity contribution < 1.29 is 9.90 Å². The van der Waals surface area contributed by atoms with Crippen molar-refractivity contribution in [3.05, 3.63) is 57.3 Å². The van der Waals surface area contributed by atoms with Crippen molar-refractivity contribution in [2.24, 2.45) is 0 Å². The molecule has 2 aromatic rings. The number of amides is 1. The molecule has 0 saturated heterocycles. The molecule has 21 heavy (non-hydrogen) atoms. The predicted molar refractivity (Wildman–Crippen MR) is 85.3 cm³/mol. The maximum Gasteiger partial charge on any atom is 0.254 e. The summed E-state index contributed by atoms with van der Waals surface area (Å²) in [7, 11) is 1.80. The van der Waals surface area contributed by atoms with Gasteiger partial charge in [0.15, 0.2) is 0 Å². The van der Waals surface area contributed by atoms with Crippen molar-refractivity contribution in [2.45, 2.75) is 13.5 Å². The lowest BCUT2D eigenvalue weighted by atomic mass is 10.1. The molecule has 1 N–H and O–H groups in total. The zero-order valence-corrected chi connectivity index (χ0v) is 12.9. The molecule has 0 aliphatic carbocycles. The molecule has 2 rings (SSSR count). The highest BCUT2D eigenvalue weighted by Gasteiger charge is 2.14. The number of thiophene rings is 1. The van der Waals surface area contributed by atoms with Gasteiger partial charge in [-0.05, 0) is 35.6 Å². The lowest BCUT2D eigenvalue weighted by Gasteiger charge is -2.17. The second-order valence-corrected chi connectivity index (χ2v) is 5.67. The first kappa shape index (κ1) is 15.3. The van der Waals surface area contributed by atoms with Gasteiger partial charge in [-0.3, -0.25) is 4.79 Å². The summed E-state index contributed by atoms with van der Waals surface area (Å²) in [5, 5.41) is 10.7. The fourth-order valence-electron chi connectivity index (χ4n) is 2.01. The molecule has 3 nitrogen and oxygen atoms in total. The molecule has 1 aromatic heterocycles. The Hall–Kier alpha value is -2.09. The smallest absolute Gasteiger partial charge is 0.254 e. The quantitative estimate of drug-likeness (QED) is 0.885. The number of hydrogen-bond acceptors (Lipinski definition) is 3. The van der Waals surface area contributed by atoms with Crippen molar-refractivity contribution in [2.75, 3.05) is 13.7 Å². The van der Waals surface area contributed by atoms with Gasteiger partial charge in [-0.25, -0.2) is 0 Å². The predicted octanol–water partition coefficient (Wildman–Crippen LogP) is 2.67. The van der Waals surface area contributed by atoms with E-state index in [9.17, 15) is 4.79 Å². The van der Waals surface area contributed by atoms with Crippen LogP contribution in [0.25, 0.3) is 0 Å². The summed E-state index contributed by atoms with van der Waals surface area (Å²) in [6.45, 7) is 2.34. The van der Waals surface area contributed by atoms with Crippen LogP contribution in [0.5, 0.6) is 0 Å². The highest BCUT2D eigenvalue weighted by molar-refractivity contribution is 7.10. The number of carbonyl (C=O) groups excluding carboxylic acids is 1. The molecule has 0 unspecified atom stereocenters. The van der Waals surface area contributed by atoms with Gasteiger partial charge in [0, 0.05) is 19.2 Å². The zero-order chi connectivity index (χ0) is 15.2. The molecule has 0 aliphatic heterocycles. The Bertz CT molecular complexity index is 694. The summed E-state index contributed by atoms with van der Waals surface area (Å²) < 4.78 is 0. The normalized spacial score (nSPS) is 9.86. The van der Waals surface area contributed by atoms with E-state index in [0.717, 1.165) is 21.6 Å². The molecule has 108 valence electrons. The van der Waals surface area contributed by atoms with Gasteiger partial charge < -0.3 is 10.0 Å². The Labute approximate surface area is 128 Å². The van der Waals surface area contributed by atoms with E-state index in [0.29, 0.717) is 6.54 Å². The molecule has 1 amide bonds. The van der Waals surface area contributed by atoms with E-state index in [-0.39, 0.29) is 12.5 Å². The Morgan fingerprint density at radius 2 is 2.14 bits per heavy atom. The summed E-state index contributed by atoms with van der Waals surface area (Å²) in [5.41, 5.74) is 2.76. The summed E-state index contributed by atoms with van der Waals surface area (Å²) >= 11 is 1.52. The Morgan fingerprint density at radius 3 is 2.86 bits per heavy atom. The van der Waals surface area contributed by atoms with Gasteiger partial charge in [-0.2, -0.15) is 0 Å². The zero-order valence-electron chi connectivity index (χ0n) is 12.1. The van der Waals surface area contributed by atoms with Gasteiger partial charge in [0.05, 0.1) is 4.88 Å². The largest absolute Gasteiger partial charge is 0.384 e. The van der Waals surface area contributed by atoms with Crippen molar-refractivity contribution in [3.8, 4) is 11.8 Å². The average molecular weight is 299 g/mol. The van der Waals surface area contributed by atoms with Gasteiger partial charge in [-0.15, -0.1) is 11.3 Å². The van der Waals surface area contributed by atoms with Crippen molar-refractivity contribution in [1.82, 2.24) is 4.90 Å². The Balaban J connectivity index is 2.07. The average Bonchev–Trinajstić information content (AvgIpc) is 2.92. The highest BCUT2D eigenvalue weighted by Crippen LogP contribution is 2.17. The number of carbonyl (C=O) groups is 1. The standard InChI is InChI=1S/C17H17NO2S/c1-13-6-3-4-8-16(13)17(20)18(2)11-14-10-15(21-12-14)7-5-9-19/h3-4,6,8,10,12,19H,9,11H2,1-2H3. The second kappa shape index (κ2) is 7.07. The van der Waals surface area contributed by atoms with Crippen LogP contribution >= 0.6 is 11.3 Å². The highest BCUT2D eigenvalue weighted by atomic mass is 32.1. The molecular weight excluding hydrogens is 282 g/mol. The number of rotatable bonds is 3. The van der Waals surface area contributed by atoms with Crippen molar-refractivity contribution in [3.63, 3.8) is 0 Å². The van der Waals surface area contributed by atoms with Crippen molar-refractivity contribution in [1.29, 1.82) is 0 Å². The number of aliphatic hydroxyl groups excluding tert-OH is 1. The molecule has 0 radical (unpaired) electrons. The SMILES string of the molecule is Cc1ccccc1C(=O)N(C)Cc1csc(C#CCO)c1. The summed E-state index contributed by atoms with van der Waals surface area (Å²) in [6, 6.07) is 9.54. The van der Waals surface area contributed by atoms with Crippen LogP contribution in [-0.2, 0) is 6.54 Å². The van der Waals surface area contributed by atoms with E-state index in [1.807, 2.05) is 42.6 Å². The lowest BCUT2D eigenvalue weighted by Crippen LogP contribution is -2.26. The number of benzene rings is 1. The van der Waals surface area contributed by atoms with E-state index in [2.05, 4.69) is 11.8 Å². The molecule has 4 heteroatoms. The Kier molecular flexibility index (Phi) is 5.15. The summed E-state index contributed by atoms with van der Waals surface area (Å²) in [5.74, 6) is 5.51. The third-order valence-electron chi connectivity index (χ3n) is 3.09. The number of aliphatic hydroxyl groups is 1. The van der Waals surface area contributed by atoms with E-state index < -0.39 is 0 Å². The van der Waals surface area contributed by atoms with Gasteiger partial charge in [0.25, 0.3) is 5.91 Å². The molecule has 0 spiro atoms. The lowest BCUT2D eigenvalue weighted by molar-refractivity contribution is 0.0784. The summed E-state index contributed by atoms with van der Waals surface area (Å²) in [4.78, 5) is 15.0. The molecule has 0 saturated carbocycles. The molecule has 1 aromatic carbocycles. The van der Waals surface area contributed by atoms with Crippen LogP contribution in [0.2, 0.25) is 0 Å².